The second kappa shape index (κ2) is 13.8. The van der Waals surface area contributed by atoms with E-state index >= 15 is 0 Å². The monoisotopic (exact) mass is 604 g/mol. The lowest BCUT2D eigenvalue weighted by Gasteiger charge is -2.40. The summed E-state index contributed by atoms with van der Waals surface area (Å²) in [5.74, 6) is 0.00128. The van der Waals surface area contributed by atoms with Gasteiger partial charge in [0.1, 0.15) is 5.75 Å². The van der Waals surface area contributed by atoms with E-state index in [2.05, 4.69) is 90.4 Å². The van der Waals surface area contributed by atoms with Gasteiger partial charge in [-0.05, 0) is 99.6 Å². The number of aliphatic hydroxyl groups is 1. The molecule has 234 valence electrons. The molecule has 0 aromatic heterocycles. The molecule has 6 nitrogen and oxygen atoms in total. The van der Waals surface area contributed by atoms with Gasteiger partial charge in [0.05, 0.1) is 12.7 Å². The quantitative estimate of drug-likeness (QED) is 0.154. The Bertz CT molecular complexity index is 1360. The molecule has 0 saturated carbocycles. The molecule has 0 aliphatic carbocycles. The fraction of sp³-hybridized carbons (Fsp3) is 0.472. The van der Waals surface area contributed by atoms with Gasteiger partial charge in [0.25, 0.3) is 5.91 Å². The molecule has 3 aromatic carbocycles. The lowest BCUT2D eigenvalue weighted by Crippen LogP contribution is -2.47. The van der Waals surface area contributed by atoms with Crippen LogP contribution in [-0.4, -0.2) is 42.1 Å². The molecule has 0 aliphatic rings. The van der Waals surface area contributed by atoms with E-state index in [1.165, 1.54) is 5.56 Å². The minimum absolute atomic E-state index is 0.0220. The van der Waals surface area contributed by atoms with Crippen molar-refractivity contribution in [2.75, 3.05) is 6.54 Å². The molecule has 1 amide bonds. The average Bonchev–Trinajstić information content (AvgIpc) is 2.90. The van der Waals surface area contributed by atoms with Crippen LogP contribution in [0.2, 0.25) is 18.1 Å². The van der Waals surface area contributed by atoms with E-state index in [0.717, 1.165) is 17.5 Å². The fourth-order valence-electron chi connectivity index (χ4n) is 4.99. The zero-order valence-corrected chi connectivity index (χ0v) is 28.5. The highest BCUT2D eigenvalue weighted by molar-refractivity contribution is 6.74. The van der Waals surface area contributed by atoms with Crippen LogP contribution >= 0.6 is 0 Å². The lowest BCUT2D eigenvalue weighted by molar-refractivity contribution is 0.0913. The van der Waals surface area contributed by atoms with Gasteiger partial charge >= 0.3 is 0 Å². The first kappa shape index (κ1) is 34.5. The van der Waals surface area contributed by atoms with Crippen LogP contribution in [-0.2, 0) is 23.9 Å². The zero-order chi connectivity index (χ0) is 32.1. The first-order valence-corrected chi connectivity index (χ1v) is 18.1. The Morgan fingerprint density at radius 2 is 1.47 bits per heavy atom. The summed E-state index contributed by atoms with van der Waals surface area (Å²) in [6, 6.07) is 23.4. The number of carbonyl (C=O) groups excluding carboxylic acids is 1. The Balaban J connectivity index is 1.73. The van der Waals surface area contributed by atoms with E-state index in [1.54, 1.807) is 6.07 Å². The average molecular weight is 605 g/mol. The minimum Gasteiger partial charge on any atom is -0.508 e. The molecule has 3 aromatic rings. The first-order valence-electron chi connectivity index (χ1n) is 15.2. The molecule has 0 saturated heterocycles. The molecule has 0 spiro atoms. The predicted octanol–water partition coefficient (Wildman–Crippen LogP) is 7.31. The first-order chi connectivity index (χ1) is 19.9. The Morgan fingerprint density at radius 1 is 0.837 bits per heavy atom. The van der Waals surface area contributed by atoms with Crippen LogP contribution < -0.4 is 10.6 Å². The smallest absolute Gasteiger partial charge is 0.251 e. The van der Waals surface area contributed by atoms with Crippen molar-refractivity contribution in [1.82, 2.24) is 10.6 Å². The zero-order valence-electron chi connectivity index (χ0n) is 27.5. The number of rotatable bonds is 13. The third-order valence-electron chi connectivity index (χ3n) is 8.43. The summed E-state index contributed by atoms with van der Waals surface area (Å²) in [4.78, 5) is 13.3. The van der Waals surface area contributed by atoms with Gasteiger partial charge in [-0.15, -0.1) is 0 Å². The van der Waals surface area contributed by atoms with Gasteiger partial charge in [0.15, 0.2) is 8.32 Å². The summed E-state index contributed by atoms with van der Waals surface area (Å²) in [5.41, 5.74) is 3.63. The molecule has 0 bridgehead atoms. The van der Waals surface area contributed by atoms with Crippen LogP contribution in [0.5, 0.6) is 5.75 Å². The van der Waals surface area contributed by atoms with Gasteiger partial charge in [0, 0.05) is 28.7 Å². The molecular weight excluding hydrogens is 552 g/mol. The maximum absolute atomic E-state index is 13.3. The topological polar surface area (TPSA) is 90.8 Å². The Hall–Kier alpha value is -2.97. The molecule has 7 heteroatoms. The van der Waals surface area contributed by atoms with E-state index in [9.17, 15) is 15.0 Å². The number of hydrogen-bond acceptors (Lipinski definition) is 5. The number of aromatic hydroxyl groups is 1. The highest BCUT2D eigenvalue weighted by atomic mass is 28.4. The number of amides is 1. The van der Waals surface area contributed by atoms with E-state index < -0.39 is 13.9 Å². The third kappa shape index (κ3) is 10.0. The Kier molecular flexibility index (Phi) is 11.1. The van der Waals surface area contributed by atoms with Gasteiger partial charge in [-0.25, -0.2) is 0 Å². The van der Waals surface area contributed by atoms with Gasteiger partial charge in [-0.1, -0.05) is 69.3 Å². The number of hydrogen-bond donors (Lipinski definition) is 4. The summed E-state index contributed by atoms with van der Waals surface area (Å²) in [6.07, 6.45) is 1.20. The molecule has 0 aliphatic heterocycles. The number of phenols is 1. The molecular formula is C36H52N2O4Si. The van der Waals surface area contributed by atoms with Crippen molar-refractivity contribution in [3.63, 3.8) is 0 Å². The number of aliphatic hydroxyl groups excluding tert-OH is 1. The summed E-state index contributed by atoms with van der Waals surface area (Å²) in [5, 5.41) is 26.9. The maximum atomic E-state index is 13.3. The summed E-state index contributed by atoms with van der Waals surface area (Å²) in [7, 11) is -2.14. The van der Waals surface area contributed by atoms with Crippen molar-refractivity contribution >= 4 is 14.2 Å². The maximum Gasteiger partial charge on any atom is 0.251 e. The van der Waals surface area contributed by atoms with Crippen molar-refractivity contribution in [1.29, 1.82) is 0 Å². The van der Waals surface area contributed by atoms with Crippen LogP contribution in [0.1, 0.15) is 87.2 Å². The van der Waals surface area contributed by atoms with Crippen molar-refractivity contribution in [2.45, 2.75) is 103 Å². The minimum atomic E-state index is -2.14. The van der Waals surface area contributed by atoms with E-state index in [-0.39, 0.29) is 34.9 Å². The summed E-state index contributed by atoms with van der Waals surface area (Å²) in [6.45, 7) is 19.8. The molecule has 1 atom stereocenters. The van der Waals surface area contributed by atoms with Crippen molar-refractivity contribution < 1.29 is 19.4 Å². The summed E-state index contributed by atoms with van der Waals surface area (Å²) >= 11 is 0. The highest BCUT2D eigenvalue weighted by Crippen LogP contribution is 2.40. The van der Waals surface area contributed by atoms with Crippen LogP contribution in [0.25, 0.3) is 0 Å². The molecule has 43 heavy (non-hydrogen) atoms. The number of carbonyl (C=O) groups is 1. The molecule has 0 heterocycles. The Morgan fingerprint density at radius 3 is 2.09 bits per heavy atom. The highest BCUT2D eigenvalue weighted by Gasteiger charge is 2.40. The van der Waals surface area contributed by atoms with Crippen molar-refractivity contribution in [2.24, 2.45) is 0 Å². The molecule has 4 N–H and O–H groups in total. The van der Waals surface area contributed by atoms with Crippen LogP contribution in [0, 0.1) is 0 Å². The van der Waals surface area contributed by atoms with Gasteiger partial charge in [0.2, 0.25) is 0 Å². The number of benzene rings is 3. The van der Waals surface area contributed by atoms with Gasteiger partial charge in [-0.2, -0.15) is 0 Å². The second-order valence-corrected chi connectivity index (χ2v) is 19.3. The predicted molar refractivity (Wildman–Crippen MR) is 179 cm³/mol. The normalized spacial score (nSPS) is 13.5. The van der Waals surface area contributed by atoms with Crippen LogP contribution in [0.15, 0.2) is 72.8 Å². The molecule has 0 fully saturated rings. The van der Waals surface area contributed by atoms with Gasteiger partial charge < -0.3 is 25.3 Å². The fourth-order valence-corrected chi connectivity index (χ4v) is 6.27. The van der Waals surface area contributed by atoms with Crippen molar-refractivity contribution in [3.8, 4) is 5.75 Å². The third-order valence-corrected chi connectivity index (χ3v) is 12.9. The second-order valence-electron chi connectivity index (χ2n) is 14.6. The summed E-state index contributed by atoms with van der Waals surface area (Å²) < 4.78 is 6.87. The van der Waals surface area contributed by atoms with Crippen LogP contribution in [0.3, 0.4) is 0 Å². The van der Waals surface area contributed by atoms with E-state index in [4.69, 9.17) is 4.43 Å². The van der Waals surface area contributed by atoms with E-state index in [1.807, 2.05) is 48.5 Å². The van der Waals surface area contributed by atoms with Crippen LogP contribution in [0.4, 0.5) is 0 Å². The van der Waals surface area contributed by atoms with E-state index in [0.29, 0.717) is 24.1 Å². The number of nitrogens with one attached hydrogen (secondary N) is 2. The molecule has 3 rings (SSSR count). The molecule has 0 unspecified atom stereocenters. The largest absolute Gasteiger partial charge is 0.508 e. The standard InChI is InChI=1S/C36H52N2O4Si/c1-34(2,3)43(8,9)42-32(28-18-19-31(40)30(21-28)25-39)24-37-35(4,5)23-27-16-13-17-29(20-27)33(41)38-36(6,7)22-26-14-11-10-12-15-26/h10-21,32,37,39-40H,22-25H2,1-9H3,(H,38,41)/t32-/m1/s1. The SMILES string of the molecule is CC(C)(Cc1cccc(C(=O)NC(C)(C)Cc2ccccc2)c1)NC[C@@H](O[Si](C)(C)C(C)(C)C)c1ccc(O)c(CO)c1. The van der Waals surface area contributed by atoms with Gasteiger partial charge in [-0.3, -0.25) is 4.79 Å². The molecule has 0 radical (unpaired) electrons. The van der Waals surface area contributed by atoms with Crippen molar-refractivity contribution in [3.05, 3.63) is 101 Å². The Labute approximate surface area is 260 Å². The lowest BCUT2D eigenvalue weighted by atomic mass is 9.92.